The zero-order valence-electron chi connectivity index (χ0n) is 16.4. The maximum atomic E-state index is 13.8. The van der Waals surface area contributed by atoms with Gasteiger partial charge in [0.2, 0.25) is 5.91 Å². The Kier molecular flexibility index (Phi) is 6.44. The predicted molar refractivity (Wildman–Crippen MR) is 98.6 cm³/mol. The maximum absolute atomic E-state index is 13.8. The molecule has 0 bridgehead atoms. The first kappa shape index (κ1) is 21.1. The minimum Gasteiger partial charge on any atom is -0.444 e. The Bertz CT molecular complexity index is 669. The van der Waals surface area contributed by atoms with Crippen LogP contribution in [0.15, 0.2) is 24.3 Å². The van der Waals surface area contributed by atoms with Gasteiger partial charge >= 0.3 is 6.09 Å². The third-order valence-corrected chi connectivity index (χ3v) is 4.39. The molecular weight excluding hydrogens is 354 g/mol. The van der Waals surface area contributed by atoms with Crippen molar-refractivity contribution in [3.05, 3.63) is 35.4 Å². The Hall–Kier alpha value is -2.18. The van der Waals surface area contributed by atoms with Crippen molar-refractivity contribution in [3.63, 3.8) is 0 Å². The van der Waals surface area contributed by atoms with E-state index in [4.69, 9.17) is 4.74 Å². The summed E-state index contributed by atoms with van der Waals surface area (Å²) in [4.78, 5) is 25.8. The summed E-state index contributed by atoms with van der Waals surface area (Å²) in [6, 6.07) is 6.83. The fraction of sp³-hybridized carbons (Fsp3) is 0.600. The summed E-state index contributed by atoms with van der Waals surface area (Å²) in [7, 11) is 0. The van der Waals surface area contributed by atoms with E-state index in [0.29, 0.717) is 0 Å². The van der Waals surface area contributed by atoms with Gasteiger partial charge in [-0.1, -0.05) is 31.2 Å². The Morgan fingerprint density at radius 3 is 2.37 bits per heavy atom. The lowest BCUT2D eigenvalue weighted by Crippen LogP contribution is -2.57. The zero-order valence-corrected chi connectivity index (χ0v) is 16.4. The molecule has 1 fully saturated rings. The SMILES string of the molecule is CCc1ccc(CNC(=O)C2CCC(F)(F)CN2C(=O)OC(C)(C)C)cc1. The van der Waals surface area contributed by atoms with Gasteiger partial charge in [-0.3, -0.25) is 9.69 Å². The number of piperidine rings is 1. The largest absolute Gasteiger partial charge is 0.444 e. The highest BCUT2D eigenvalue weighted by Crippen LogP contribution is 2.31. The minimum atomic E-state index is -3.02. The van der Waals surface area contributed by atoms with Gasteiger partial charge in [0.05, 0.1) is 6.54 Å². The second-order valence-corrected chi connectivity index (χ2v) is 7.91. The van der Waals surface area contributed by atoms with E-state index in [1.165, 1.54) is 5.56 Å². The lowest BCUT2D eigenvalue weighted by Gasteiger charge is -2.39. The van der Waals surface area contributed by atoms with Crippen molar-refractivity contribution in [2.75, 3.05) is 6.54 Å². The van der Waals surface area contributed by atoms with Crippen LogP contribution in [0.5, 0.6) is 0 Å². The van der Waals surface area contributed by atoms with E-state index in [-0.39, 0.29) is 13.0 Å². The number of amides is 2. The Balaban J connectivity index is 2.05. The van der Waals surface area contributed by atoms with Crippen LogP contribution in [0.25, 0.3) is 0 Å². The van der Waals surface area contributed by atoms with Crippen LogP contribution in [0.4, 0.5) is 13.6 Å². The average Bonchev–Trinajstić information content (AvgIpc) is 2.58. The fourth-order valence-electron chi connectivity index (χ4n) is 2.93. The summed E-state index contributed by atoms with van der Waals surface area (Å²) < 4.78 is 32.9. The molecule has 150 valence electrons. The van der Waals surface area contributed by atoms with Crippen molar-refractivity contribution in [1.29, 1.82) is 0 Å². The van der Waals surface area contributed by atoms with Gasteiger partial charge in [-0.25, -0.2) is 13.6 Å². The number of halogens is 2. The molecule has 1 saturated heterocycles. The maximum Gasteiger partial charge on any atom is 0.411 e. The molecule has 1 N–H and O–H groups in total. The molecule has 0 spiro atoms. The number of carbonyl (C=O) groups is 2. The number of alkyl halides is 2. The Morgan fingerprint density at radius 1 is 1.22 bits per heavy atom. The Morgan fingerprint density at radius 2 is 1.81 bits per heavy atom. The first-order valence-corrected chi connectivity index (χ1v) is 9.24. The van der Waals surface area contributed by atoms with Gasteiger partial charge in [-0.15, -0.1) is 0 Å². The number of benzene rings is 1. The summed E-state index contributed by atoms with van der Waals surface area (Å²) in [5.41, 5.74) is 1.27. The quantitative estimate of drug-likeness (QED) is 0.859. The third kappa shape index (κ3) is 6.19. The Labute approximate surface area is 159 Å². The van der Waals surface area contributed by atoms with E-state index >= 15 is 0 Å². The van der Waals surface area contributed by atoms with Crippen LogP contribution in [0, 0.1) is 0 Å². The first-order chi connectivity index (χ1) is 12.5. The summed E-state index contributed by atoms with van der Waals surface area (Å²) in [6.45, 7) is 6.48. The second kappa shape index (κ2) is 8.23. The molecule has 1 aliphatic rings. The van der Waals surface area contributed by atoms with Crippen molar-refractivity contribution < 1.29 is 23.1 Å². The fourth-order valence-corrected chi connectivity index (χ4v) is 2.93. The van der Waals surface area contributed by atoms with Crippen molar-refractivity contribution in [2.45, 2.75) is 71.1 Å². The molecule has 1 unspecified atom stereocenters. The molecule has 2 rings (SSSR count). The lowest BCUT2D eigenvalue weighted by atomic mass is 9.99. The lowest BCUT2D eigenvalue weighted by molar-refractivity contribution is -0.135. The molecular formula is C20H28F2N2O3. The molecule has 1 aliphatic heterocycles. The number of aryl methyl sites for hydroxylation is 1. The molecule has 0 aliphatic carbocycles. The minimum absolute atomic E-state index is 0.104. The summed E-state index contributed by atoms with van der Waals surface area (Å²) in [6.07, 6.45) is -0.509. The standard InChI is InChI=1S/C20H28F2N2O3/c1-5-14-6-8-15(9-7-14)12-23-17(25)16-10-11-20(21,22)13-24(16)18(26)27-19(2,3)4/h6-9,16H,5,10-13H2,1-4H3,(H,23,25). The number of carbonyl (C=O) groups excluding carboxylic acids is 2. The van der Waals surface area contributed by atoms with Crippen molar-refractivity contribution >= 4 is 12.0 Å². The van der Waals surface area contributed by atoms with Crippen molar-refractivity contribution in [1.82, 2.24) is 10.2 Å². The molecule has 2 amide bonds. The molecule has 0 saturated carbocycles. The molecule has 0 radical (unpaired) electrons. The van der Waals surface area contributed by atoms with Crippen LogP contribution in [-0.2, 0) is 22.5 Å². The smallest absolute Gasteiger partial charge is 0.411 e. The van der Waals surface area contributed by atoms with Crippen LogP contribution in [-0.4, -0.2) is 41.0 Å². The summed E-state index contributed by atoms with van der Waals surface area (Å²) in [5, 5.41) is 2.75. The second-order valence-electron chi connectivity index (χ2n) is 7.91. The highest BCUT2D eigenvalue weighted by Gasteiger charge is 2.46. The van der Waals surface area contributed by atoms with Crippen LogP contribution in [0.3, 0.4) is 0 Å². The van der Waals surface area contributed by atoms with E-state index in [9.17, 15) is 18.4 Å². The van der Waals surface area contributed by atoms with E-state index in [2.05, 4.69) is 12.2 Å². The molecule has 1 aromatic rings. The van der Waals surface area contributed by atoms with E-state index in [1.807, 2.05) is 24.3 Å². The van der Waals surface area contributed by atoms with Gasteiger partial charge in [-0.05, 0) is 44.7 Å². The van der Waals surface area contributed by atoms with Crippen LogP contribution >= 0.6 is 0 Å². The highest BCUT2D eigenvalue weighted by atomic mass is 19.3. The van der Waals surface area contributed by atoms with Gasteiger partial charge in [0.25, 0.3) is 5.92 Å². The number of rotatable bonds is 4. The molecule has 1 heterocycles. The van der Waals surface area contributed by atoms with Gasteiger partial charge in [0.15, 0.2) is 0 Å². The van der Waals surface area contributed by atoms with Crippen molar-refractivity contribution in [3.8, 4) is 0 Å². The molecule has 1 aromatic carbocycles. The number of nitrogens with one attached hydrogen (secondary N) is 1. The molecule has 1 atom stereocenters. The molecule has 5 nitrogen and oxygen atoms in total. The van der Waals surface area contributed by atoms with Crippen molar-refractivity contribution in [2.24, 2.45) is 0 Å². The number of nitrogens with zero attached hydrogens (tertiary/aromatic N) is 1. The van der Waals surface area contributed by atoms with E-state index in [1.54, 1.807) is 20.8 Å². The third-order valence-electron chi connectivity index (χ3n) is 4.39. The van der Waals surface area contributed by atoms with Crippen LogP contribution < -0.4 is 5.32 Å². The molecule has 7 heteroatoms. The monoisotopic (exact) mass is 382 g/mol. The van der Waals surface area contributed by atoms with Crippen LogP contribution in [0.2, 0.25) is 0 Å². The number of ether oxygens (including phenoxy) is 1. The first-order valence-electron chi connectivity index (χ1n) is 9.24. The molecule has 27 heavy (non-hydrogen) atoms. The van der Waals surface area contributed by atoms with Gasteiger partial charge in [-0.2, -0.15) is 0 Å². The number of hydrogen-bond acceptors (Lipinski definition) is 3. The average molecular weight is 382 g/mol. The topological polar surface area (TPSA) is 58.6 Å². The van der Waals surface area contributed by atoms with Crippen LogP contribution in [0.1, 0.15) is 51.7 Å². The van der Waals surface area contributed by atoms with E-state index < -0.39 is 42.5 Å². The predicted octanol–water partition coefficient (Wildman–Crippen LogP) is 3.90. The highest BCUT2D eigenvalue weighted by molar-refractivity contribution is 5.86. The van der Waals surface area contributed by atoms with Gasteiger partial charge in [0, 0.05) is 13.0 Å². The summed E-state index contributed by atoms with van der Waals surface area (Å²) in [5.74, 6) is -3.47. The van der Waals surface area contributed by atoms with E-state index in [0.717, 1.165) is 16.9 Å². The van der Waals surface area contributed by atoms with Gasteiger partial charge < -0.3 is 10.1 Å². The van der Waals surface area contributed by atoms with Gasteiger partial charge in [0.1, 0.15) is 11.6 Å². The number of hydrogen-bond donors (Lipinski definition) is 1. The normalized spacial score (nSPS) is 19.5. The summed E-state index contributed by atoms with van der Waals surface area (Å²) >= 11 is 0. The molecule has 0 aromatic heterocycles. The number of likely N-dealkylation sites (tertiary alicyclic amines) is 1. The zero-order chi connectivity index (χ0) is 20.2.